The van der Waals surface area contributed by atoms with E-state index in [1.54, 1.807) is 0 Å². The molecule has 2 aliphatic rings. The first-order chi connectivity index (χ1) is 10.9. The number of nitrogens with zero attached hydrogens (tertiary/aromatic N) is 4. The van der Waals surface area contributed by atoms with E-state index in [9.17, 15) is 0 Å². The van der Waals surface area contributed by atoms with Crippen molar-refractivity contribution >= 4 is 11.2 Å². The molecule has 2 fully saturated rings. The summed E-state index contributed by atoms with van der Waals surface area (Å²) in [5.74, 6) is 1.22. The van der Waals surface area contributed by atoms with E-state index in [4.69, 9.17) is 9.72 Å². The molecule has 0 spiro atoms. The molecule has 2 saturated heterocycles. The number of hydrogen-bond donors (Lipinski definition) is 0. The number of imidazole rings is 1. The van der Waals surface area contributed by atoms with Crippen molar-refractivity contribution in [1.29, 1.82) is 0 Å². The number of hydrogen-bond acceptors (Lipinski definition) is 4. The summed E-state index contributed by atoms with van der Waals surface area (Å²) in [4.78, 5) is 12.2. The fourth-order valence-corrected chi connectivity index (χ4v) is 3.98. The van der Waals surface area contributed by atoms with Crippen LogP contribution in [0.15, 0.2) is 18.3 Å². The standard InChI is InChI=1S/C17H24N4O/c1-2-20-10-4-6-15(20)17-19-14-5-3-9-18-16(14)21(17)13-7-11-22-12-8-13/h3,5,9,13,15H,2,4,6-8,10-12H2,1H3. The molecule has 2 aromatic heterocycles. The lowest BCUT2D eigenvalue weighted by Gasteiger charge is -2.29. The van der Waals surface area contributed by atoms with Gasteiger partial charge in [0.25, 0.3) is 0 Å². The quantitative estimate of drug-likeness (QED) is 0.874. The van der Waals surface area contributed by atoms with Crippen LogP contribution in [0.1, 0.15) is 50.5 Å². The maximum Gasteiger partial charge on any atom is 0.160 e. The van der Waals surface area contributed by atoms with Gasteiger partial charge in [0.15, 0.2) is 5.65 Å². The first-order valence-corrected chi connectivity index (χ1v) is 8.53. The van der Waals surface area contributed by atoms with Crippen LogP contribution in [0.25, 0.3) is 11.2 Å². The molecule has 0 bridgehead atoms. The van der Waals surface area contributed by atoms with Gasteiger partial charge in [-0.25, -0.2) is 9.97 Å². The van der Waals surface area contributed by atoms with Crippen LogP contribution in [0, 0.1) is 0 Å². The molecule has 0 aliphatic carbocycles. The molecular weight excluding hydrogens is 276 g/mol. The molecule has 0 saturated carbocycles. The van der Waals surface area contributed by atoms with E-state index in [1.165, 1.54) is 25.2 Å². The molecule has 0 amide bonds. The van der Waals surface area contributed by atoms with Crippen LogP contribution in [0.2, 0.25) is 0 Å². The molecule has 1 unspecified atom stereocenters. The Balaban J connectivity index is 1.82. The Bertz CT molecular complexity index is 647. The van der Waals surface area contributed by atoms with Gasteiger partial charge >= 0.3 is 0 Å². The first kappa shape index (κ1) is 14.2. The van der Waals surface area contributed by atoms with Gasteiger partial charge in [-0.3, -0.25) is 4.90 Å². The molecule has 22 heavy (non-hydrogen) atoms. The summed E-state index contributed by atoms with van der Waals surface area (Å²) in [7, 11) is 0. The van der Waals surface area contributed by atoms with E-state index in [0.29, 0.717) is 12.1 Å². The molecule has 0 radical (unpaired) electrons. The summed E-state index contributed by atoms with van der Waals surface area (Å²) in [5, 5.41) is 0. The van der Waals surface area contributed by atoms with Gasteiger partial charge in [-0.05, 0) is 50.9 Å². The molecule has 5 nitrogen and oxygen atoms in total. The van der Waals surface area contributed by atoms with Crippen LogP contribution in [0.3, 0.4) is 0 Å². The highest BCUT2D eigenvalue weighted by atomic mass is 16.5. The average molecular weight is 300 g/mol. The molecule has 0 aromatic carbocycles. The lowest BCUT2D eigenvalue weighted by atomic mass is 10.1. The van der Waals surface area contributed by atoms with E-state index < -0.39 is 0 Å². The van der Waals surface area contributed by atoms with Crippen molar-refractivity contribution in [3.63, 3.8) is 0 Å². The van der Waals surface area contributed by atoms with Crippen LogP contribution in [-0.2, 0) is 4.74 Å². The van der Waals surface area contributed by atoms with E-state index in [2.05, 4.69) is 27.4 Å². The van der Waals surface area contributed by atoms with Crippen molar-refractivity contribution in [3.8, 4) is 0 Å². The van der Waals surface area contributed by atoms with Crippen LogP contribution < -0.4 is 0 Å². The summed E-state index contributed by atoms with van der Waals surface area (Å²) in [5.41, 5.74) is 2.08. The molecule has 4 rings (SSSR count). The Morgan fingerprint density at radius 1 is 1.27 bits per heavy atom. The van der Waals surface area contributed by atoms with Crippen molar-refractivity contribution in [2.45, 2.75) is 44.7 Å². The monoisotopic (exact) mass is 300 g/mol. The zero-order valence-electron chi connectivity index (χ0n) is 13.2. The van der Waals surface area contributed by atoms with Crippen molar-refractivity contribution in [2.24, 2.45) is 0 Å². The highest BCUT2D eigenvalue weighted by Gasteiger charge is 2.32. The number of ether oxygens (including phenoxy) is 1. The van der Waals surface area contributed by atoms with E-state index in [-0.39, 0.29) is 0 Å². The number of rotatable bonds is 3. The smallest absolute Gasteiger partial charge is 0.160 e. The minimum Gasteiger partial charge on any atom is -0.381 e. The largest absolute Gasteiger partial charge is 0.381 e. The lowest BCUT2D eigenvalue weighted by molar-refractivity contribution is 0.0685. The number of pyridine rings is 1. The highest BCUT2D eigenvalue weighted by molar-refractivity contribution is 5.71. The lowest BCUT2D eigenvalue weighted by Crippen LogP contribution is -2.28. The molecule has 2 aromatic rings. The number of fused-ring (bicyclic) bond motifs is 1. The first-order valence-electron chi connectivity index (χ1n) is 8.53. The zero-order chi connectivity index (χ0) is 14.9. The number of likely N-dealkylation sites (tertiary alicyclic amines) is 1. The highest BCUT2D eigenvalue weighted by Crippen LogP contribution is 2.36. The Hall–Kier alpha value is -1.46. The molecule has 5 heteroatoms. The molecule has 0 N–H and O–H groups in total. The number of aromatic nitrogens is 3. The molecule has 2 aliphatic heterocycles. The van der Waals surface area contributed by atoms with Crippen molar-refractivity contribution in [1.82, 2.24) is 19.4 Å². The second kappa shape index (κ2) is 5.97. The van der Waals surface area contributed by atoms with Gasteiger partial charge in [0.05, 0.1) is 6.04 Å². The third-order valence-electron chi connectivity index (χ3n) is 5.10. The minimum atomic E-state index is 0.446. The van der Waals surface area contributed by atoms with Crippen LogP contribution in [0.5, 0.6) is 0 Å². The fraction of sp³-hybridized carbons (Fsp3) is 0.647. The van der Waals surface area contributed by atoms with Gasteiger partial charge in [0, 0.05) is 25.5 Å². The fourth-order valence-electron chi connectivity index (χ4n) is 3.98. The summed E-state index contributed by atoms with van der Waals surface area (Å²) in [6, 6.07) is 5.00. The Morgan fingerprint density at radius 3 is 2.95 bits per heavy atom. The van der Waals surface area contributed by atoms with Gasteiger partial charge < -0.3 is 9.30 Å². The normalized spacial score (nSPS) is 24.3. The Labute approximate surface area is 131 Å². The molecule has 118 valence electrons. The van der Waals surface area contributed by atoms with Gasteiger partial charge in [0.2, 0.25) is 0 Å². The maximum absolute atomic E-state index is 5.55. The van der Waals surface area contributed by atoms with Crippen LogP contribution in [0.4, 0.5) is 0 Å². The Morgan fingerprint density at radius 2 is 2.14 bits per heavy atom. The predicted octanol–water partition coefficient (Wildman–Crippen LogP) is 2.94. The van der Waals surface area contributed by atoms with Gasteiger partial charge in [0.1, 0.15) is 11.3 Å². The molecule has 4 heterocycles. The second-order valence-corrected chi connectivity index (χ2v) is 6.32. The van der Waals surface area contributed by atoms with Crippen molar-refractivity contribution in [3.05, 3.63) is 24.2 Å². The second-order valence-electron chi connectivity index (χ2n) is 6.32. The predicted molar refractivity (Wildman–Crippen MR) is 85.8 cm³/mol. The molecular formula is C17H24N4O. The summed E-state index contributed by atoms with van der Waals surface area (Å²) < 4.78 is 7.98. The van der Waals surface area contributed by atoms with Crippen molar-refractivity contribution < 1.29 is 4.74 Å². The third kappa shape index (κ3) is 2.32. The topological polar surface area (TPSA) is 43.2 Å². The maximum atomic E-state index is 5.55. The van der Waals surface area contributed by atoms with Gasteiger partial charge in [-0.2, -0.15) is 0 Å². The van der Waals surface area contributed by atoms with E-state index >= 15 is 0 Å². The van der Waals surface area contributed by atoms with E-state index in [1.807, 2.05) is 12.3 Å². The Kier molecular flexibility index (Phi) is 3.84. The van der Waals surface area contributed by atoms with Crippen LogP contribution >= 0.6 is 0 Å². The third-order valence-corrected chi connectivity index (χ3v) is 5.10. The van der Waals surface area contributed by atoms with Crippen molar-refractivity contribution in [2.75, 3.05) is 26.3 Å². The summed E-state index contributed by atoms with van der Waals surface area (Å²) >= 11 is 0. The van der Waals surface area contributed by atoms with Gasteiger partial charge in [-0.15, -0.1) is 0 Å². The summed E-state index contributed by atoms with van der Waals surface area (Å²) in [6.45, 7) is 6.22. The SMILES string of the molecule is CCN1CCCC1c1nc2cccnc2n1C1CCOCC1. The molecule has 1 atom stereocenters. The van der Waals surface area contributed by atoms with Gasteiger partial charge in [-0.1, -0.05) is 6.92 Å². The minimum absolute atomic E-state index is 0.446. The average Bonchev–Trinajstić information content (AvgIpc) is 3.19. The zero-order valence-corrected chi connectivity index (χ0v) is 13.2. The summed E-state index contributed by atoms with van der Waals surface area (Å²) in [6.07, 6.45) is 6.49. The van der Waals surface area contributed by atoms with E-state index in [0.717, 1.165) is 43.8 Å². The van der Waals surface area contributed by atoms with Crippen LogP contribution in [-0.4, -0.2) is 45.7 Å².